The summed E-state index contributed by atoms with van der Waals surface area (Å²) in [5, 5.41) is 20.9. The van der Waals surface area contributed by atoms with E-state index in [1.54, 1.807) is 0 Å². The van der Waals surface area contributed by atoms with Gasteiger partial charge in [-0.1, -0.05) is 79.1 Å². The van der Waals surface area contributed by atoms with Gasteiger partial charge < -0.3 is 19.8 Å². The van der Waals surface area contributed by atoms with Gasteiger partial charge in [0.15, 0.2) is 11.5 Å². The Balaban J connectivity index is 3.35. The molecule has 33 heavy (non-hydrogen) atoms. The van der Waals surface area contributed by atoms with Crippen molar-refractivity contribution in [3.8, 4) is 17.2 Å². The van der Waals surface area contributed by atoms with Gasteiger partial charge in [0.25, 0.3) is 0 Å². The number of aromatic hydroxyl groups is 1. The van der Waals surface area contributed by atoms with Crippen LogP contribution in [0.5, 0.6) is 17.2 Å². The van der Waals surface area contributed by atoms with Crippen molar-refractivity contribution in [1.29, 1.82) is 0 Å². The fourth-order valence-corrected chi connectivity index (χ4v) is 3.89. The largest absolute Gasteiger partial charge is 0.503 e. The van der Waals surface area contributed by atoms with Crippen LogP contribution in [0.15, 0.2) is 0 Å². The molecule has 0 spiro atoms. The lowest BCUT2D eigenvalue weighted by atomic mass is 9.91. The second kappa shape index (κ2) is 17.5. The number of unbranched alkanes of at least 4 members (excludes halogenated alkanes) is 8. The molecule has 0 aromatic heterocycles. The number of benzene rings is 1. The molecular weight excluding hydrogens is 420 g/mol. The molecule has 0 heterocycles. The third-order valence-electron chi connectivity index (χ3n) is 5.84. The van der Waals surface area contributed by atoms with Gasteiger partial charge in [0.1, 0.15) is 5.56 Å². The van der Waals surface area contributed by atoms with Gasteiger partial charge in [0, 0.05) is 5.56 Å². The number of hydrogen-bond donors (Lipinski definition) is 2. The first-order valence-corrected chi connectivity index (χ1v) is 13.1. The maximum absolute atomic E-state index is 12.2. The highest BCUT2D eigenvalue weighted by Crippen LogP contribution is 2.46. The van der Waals surface area contributed by atoms with Gasteiger partial charge in [-0.15, -0.1) is 0 Å². The van der Waals surface area contributed by atoms with Crippen molar-refractivity contribution in [1.82, 2.24) is 0 Å². The Morgan fingerprint density at radius 2 is 1.24 bits per heavy atom. The van der Waals surface area contributed by atoms with Crippen LogP contribution in [-0.2, 0) is 17.7 Å². The summed E-state index contributed by atoms with van der Waals surface area (Å²) in [4.78, 5) is 23.2. The zero-order valence-electron chi connectivity index (χ0n) is 21.3. The quantitative estimate of drug-likeness (QED) is 0.117. The molecule has 0 saturated heterocycles. The van der Waals surface area contributed by atoms with E-state index >= 15 is 0 Å². The van der Waals surface area contributed by atoms with E-state index in [0.717, 1.165) is 82.6 Å². The molecule has 0 radical (unpaired) electrons. The number of phenols is 1. The monoisotopic (exact) mass is 466 g/mol. The Bertz CT molecular complexity index is 686. The van der Waals surface area contributed by atoms with Crippen LogP contribution in [0.3, 0.4) is 0 Å². The van der Waals surface area contributed by atoms with Crippen molar-refractivity contribution in [3.63, 3.8) is 0 Å². The first-order chi connectivity index (χ1) is 16.0. The molecule has 0 saturated carbocycles. The lowest BCUT2D eigenvalue weighted by Crippen LogP contribution is -2.13. The Labute approximate surface area is 200 Å². The number of ether oxygens (including phenoxy) is 1. The van der Waals surface area contributed by atoms with E-state index in [1.165, 1.54) is 0 Å². The highest BCUT2D eigenvalue weighted by atomic mass is 17.2. The van der Waals surface area contributed by atoms with Crippen LogP contribution < -0.4 is 9.62 Å². The topological polar surface area (TPSA) is 85.2 Å². The molecular formula is C27H46O6. The van der Waals surface area contributed by atoms with Crippen molar-refractivity contribution in [2.75, 3.05) is 13.2 Å². The molecule has 0 unspecified atom stereocenters. The minimum absolute atomic E-state index is 0.00438. The van der Waals surface area contributed by atoms with Gasteiger partial charge in [-0.2, -0.15) is 4.89 Å². The predicted octanol–water partition coefficient (Wildman–Crippen LogP) is 7.63. The zero-order valence-corrected chi connectivity index (χ0v) is 21.3. The maximum Gasteiger partial charge on any atom is 0.339 e. The van der Waals surface area contributed by atoms with Crippen molar-refractivity contribution in [2.45, 2.75) is 118 Å². The lowest BCUT2D eigenvalue weighted by Gasteiger charge is -2.22. The van der Waals surface area contributed by atoms with Gasteiger partial charge >= 0.3 is 5.97 Å². The Hall–Kier alpha value is -1.95. The van der Waals surface area contributed by atoms with E-state index in [1.807, 2.05) is 0 Å². The molecule has 0 bridgehead atoms. The average Bonchev–Trinajstić information content (AvgIpc) is 2.80. The molecule has 6 heteroatoms. The SMILES string of the molecule is CCCCCCOOc1c(O)c(C(=O)O)c(CCCC)c(CCCC)c1OCCCCCC. The first kappa shape index (κ1) is 29.1. The molecule has 0 amide bonds. The highest BCUT2D eigenvalue weighted by Gasteiger charge is 2.30. The van der Waals surface area contributed by atoms with Crippen LogP contribution in [0.25, 0.3) is 0 Å². The fraction of sp³-hybridized carbons (Fsp3) is 0.741. The zero-order chi connectivity index (χ0) is 24.5. The van der Waals surface area contributed by atoms with Gasteiger partial charge in [-0.25, -0.2) is 4.79 Å². The van der Waals surface area contributed by atoms with E-state index in [2.05, 4.69) is 27.7 Å². The normalized spacial score (nSPS) is 11.0. The Morgan fingerprint density at radius 3 is 1.79 bits per heavy atom. The smallest absolute Gasteiger partial charge is 0.339 e. The summed E-state index contributed by atoms with van der Waals surface area (Å²) in [5.41, 5.74) is 1.41. The summed E-state index contributed by atoms with van der Waals surface area (Å²) in [7, 11) is 0. The number of hydrogen-bond acceptors (Lipinski definition) is 5. The van der Waals surface area contributed by atoms with E-state index in [4.69, 9.17) is 14.5 Å². The van der Waals surface area contributed by atoms with Gasteiger partial charge in [0.05, 0.1) is 13.2 Å². The summed E-state index contributed by atoms with van der Waals surface area (Å²) in [5.74, 6) is -1.10. The van der Waals surface area contributed by atoms with Crippen molar-refractivity contribution < 1.29 is 29.5 Å². The molecule has 0 aliphatic carbocycles. The summed E-state index contributed by atoms with van der Waals surface area (Å²) < 4.78 is 6.19. The van der Waals surface area contributed by atoms with Crippen molar-refractivity contribution in [3.05, 3.63) is 16.7 Å². The molecule has 0 atom stereocenters. The Kier molecular flexibility index (Phi) is 15.4. The average molecular weight is 467 g/mol. The summed E-state index contributed by atoms with van der Waals surface area (Å²) in [6, 6.07) is 0. The minimum Gasteiger partial charge on any atom is -0.503 e. The molecule has 1 rings (SSSR count). The standard InChI is InChI=1S/C27H46O6/c1-5-9-13-15-19-31-25-22(18-12-8-4)21(17-11-7-3)23(27(29)30)24(28)26(25)33-32-20-16-14-10-6-2/h28H,5-20H2,1-4H3,(H,29,30). The number of aromatic carboxylic acids is 1. The summed E-state index contributed by atoms with van der Waals surface area (Å²) in [6.07, 6.45) is 13.2. The second-order valence-electron chi connectivity index (χ2n) is 8.73. The van der Waals surface area contributed by atoms with E-state index in [9.17, 15) is 15.0 Å². The molecule has 6 nitrogen and oxygen atoms in total. The number of carboxylic acid groups (broad SMARTS) is 1. The molecule has 0 aliphatic rings. The Morgan fingerprint density at radius 1 is 0.697 bits per heavy atom. The second-order valence-corrected chi connectivity index (χ2v) is 8.73. The molecule has 2 N–H and O–H groups in total. The van der Waals surface area contributed by atoms with E-state index in [-0.39, 0.29) is 11.3 Å². The molecule has 190 valence electrons. The summed E-state index contributed by atoms with van der Waals surface area (Å²) in [6.45, 7) is 9.35. The third-order valence-corrected chi connectivity index (χ3v) is 5.84. The van der Waals surface area contributed by atoms with Crippen molar-refractivity contribution in [2.24, 2.45) is 0 Å². The molecule has 1 aromatic rings. The maximum atomic E-state index is 12.2. The number of carbonyl (C=O) groups is 1. The van der Waals surface area contributed by atoms with E-state index in [0.29, 0.717) is 37.4 Å². The van der Waals surface area contributed by atoms with Gasteiger partial charge in [-0.3, -0.25) is 0 Å². The predicted molar refractivity (Wildman–Crippen MR) is 133 cm³/mol. The van der Waals surface area contributed by atoms with Crippen molar-refractivity contribution >= 4 is 5.97 Å². The van der Waals surface area contributed by atoms with Gasteiger partial charge in [-0.05, 0) is 44.1 Å². The number of carboxylic acids is 1. The van der Waals surface area contributed by atoms with Crippen LogP contribution >= 0.6 is 0 Å². The number of rotatable bonds is 20. The molecule has 0 fully saturated rings. The third kappa shape index (κ3) is 9.83. The summed E-state index contributed by atoms with van der Waals surface area (Å²) >= 11 is 0. The minimum atomic E-state index is -1.15. The van der Waals surface area contributed by atoms with Crippen LogP contribution in [0.1, 0.15) is 126 Å². The highest BCUT2D eigenvalue weighted by molar-refractivity contribution is 5.95. The van der Waals surface area contributed by atoms with Gasteiger partial charge in [0.2, 0.25) is 5.75 Å². The molecule has 1 aromatic carbocycles. The fourth-order valence-electron chi connectivity index (χ4n) is 3.89. The lowest BCUT2D eigenvalue weighted by molar-refractivity contribution is -0.209. The van der Waals surface area contributed by atoms with Crippen LogP contribution in [0.4, 0.5) is 0 Å². The van der Waals surface area contributed by atoms with Crippen LogP contribution in [-0.4, -0.2) is 29.4 Å². The first-order valence-electron chi connectivity index (χ1n) is 13.1. The van der Waals surface area contributed by atoms with Crippen LogP contribution in [0, 0.1) is 0 Å². The van der Waals surface area contributed by atoms with E-state index < -0.39 is 11.7 Å². The van der Waals surface area contributed by atoms with Crippen LogP contribution in [0.2, 0.25) is 0 Å². The molecule has 0 aliphatic heterocycles.